The van der Waals surface area contributed by atoms with Crippen molar-refractivity contribution in [2.45, 2.75) is 57.5 Å². The van der Waals surface area contributed by atoms with Crippen LogP contribution < -0.4 is 0 Å². The quantitative estimate of drug-likeness (QED) is 0.241. The first kappa shape index (κ1) is 32.0. The van der Waals surface area contributed by atoms with Gasteiger partial charge in [-0.25, -0.2) is 24.2 Å². The molecule has 4 N–H and O–H groups in total. The van der Waals surface area contributed by atoms with Gasteiger partial charge in [-0.3, -0.25) is 4.98 Å². The molecule has 3 aromatic heterocycles. The summed E-state index contributed by atoms with van der Waals surface area (Å²) in [4.78, 5) is 33.0. The Labute approximate surface area is 248 Å². The number of aliphatic carboxylic acids is 2. The number of aromatic nitrogens is 6. The second kappa shape index (κ2) is 13.2. The summed E-state index contributed by atoms with van der Waals surface area (Å²) in [6.45, 7) is 4.50. The van der Waals surface area contributed by atoms with Crippen molar-refractivity contribution < 1.29 is 43.2 Å². The van der Waals surface area contributed by atoms with Gasteiger partial charge in [-0.05, 0) is 62.6 Å². The van der Waals surface area contributed by atoms with Gasteiger partial charge in [0.25, 0.3) is 0 Å². The Hall–Kier alpha value is -4.89. The van der Waals surface area contributed by atoms with Crippen LogP contribution in [0.25, 0.3) is 17.8 Å². The zero-order chi connectivity index (χ0) is 32.2. The minimum absolute atomic E-state index is 0.251. The van der Waals surface area contributed by atoms with E-state index in [2.05, 4.69) is 20.1 Å². The minimum atomic E-state index is -4.41. The highest BCUT2D eigenvalue weighted by Gasteiger charge is 2.37. The van der Waals surface area contributed by atoms with E-state index < -0.39 is 41.8 Å². The van der Waals surface area contributed by atoms with Crippen LogP contribution in [0.5, 0.6) is 0 Å². The van der Waals surface area contributed by atoms with Crippen LogP contribution in [0.2, 0.25) is 0 Å². The maximum atomic E-state index is 13.6. The van der Waals surface area contributed by atoms with E-state index in [0.29, 0.717) is 24.6 Å². The molecule has 0 aliphatic carbocycles. The Morgan fingerprint density at radius 2 is 1.68 bits per heavy atom. The number of halogens is 3. The third-order valence-corrected chi connectivity index (χ3v) is 6.81. The number of pyridine rings is 1. The van der Waals surface area contributed by atoms with E-state index >= 15 is 0 Å². The van der Waals surface area contributed by atoms with Crippen LogP contribution in [0.4, 0.5) is 13.2 Å². The number of fused-ring (bicyclic) bond motifs is 1. The molecule has 0 spiro atoms. The van der Waals surface area contributed by atoms with Crippen LogP contribution in [0.3, 0.4) is 0 Å². The molecule has 0 saturated carbocycles. The molecule has 12 nitrogen and oxygen atoms in total. The molecule has 4 aromatic rings. The molecule has 1 aromatic carbocycles. The third-order valence-electron chi connectivity index (χ3n) is 6.81. The highest BCUT2D eigenvalue weighted by molar-refractivity contribution is 5.83. The summed E-state index contributed by atoms with van der Waals surface area (Å²) in [7, 11) is 0. The molecule has 44 heavy (non-hydrogen) atoms. The fraction of sp³-hybridized carbons (Fsp3) is 0.310. The predicted octanol–water partition coefficient (Wildman–Crippen LogP) is 3.47. The number of benzene rings is 1. The fourth-order valence-electron chi connectivity index (χ4n) is 4.72. The summed E-state index contributed by atoms with van der Waals surface area (Å²) in [6, 6.07) is 9.61. The summed E-state index contributed by atoms with van der Waals surface area (Å²) in [5, 5.41) is 37.0. The summed E-state index contributed by atoms with van der Waals surface area (Å²) >= 11 is 0. The lowest BCUT2D eigenvalue weighted by atomic mass is 9.88. The van der Waals surface area contributed by atoms with E-state index in [0.717, 1.165) is 35.3 Å². The van der Waals surface area contributed by atoms with Crippen LogP contribution in [0.1, 0.15) is 58.6 Å². The minimum Gasteiger partial charge on any atom is -0.479 e. The van der Waals surface area contributed by atoms with E-state index in [1.54, 1.807) is 29.2 Å². The zero-order valence-corrected chi connectivity index (χ0v) is 23.5. The van der Waals surface area contributed by atoms with Gasteiger partial charge in [0.15, 0.2) is 18.0 Å². The molecular formula is C29H29F3N6O6. The molecule has 3 atom stereocenters. The van der Waals surface area contributed by atoms with Crippen molar-refractivity contribution in [3.8, 4) is 5.69 Å². The van der Waals surface area contributed by atoms with E-state index in [4.69, 9.17) is 20.4 Å². The van der Waals surface area contributed by atoms with E-state index in [9.17, 15) is 22.8 Å². The average molecular weight is 615 g/mol. The van der Waals surface area contributed by atoms with Crippen molar-refractivity contribution in [2.24, 2.45) is 0 Å². The molecule has 0 fully saturated rings. The maximum Gasteiger partial charge on any atom is 0.416 e. The number of carbonyl (C=O) groups is 2. The number of aliphatic hydroxyl groups excluding tert-OH is 2. The van der Waals surface area contributed by atoms with E-state index in [1.165, 1.54) is 6.07 Å². The average Bonchev–Trinajstić information content (AvgIpc) is 3.60. The normalized spacial score (nSPS) is 16.1. The molecule has 1 unspecified atom stereocenters. The number of hydrogen-bond donors (Lipinski definition) is 4. The van der Waals surface area contributed by atoms with E-state index in [-0.39, 0.29) is 5.56 Å². The number of carboxylic acids is 2. The van der Waals surface area contributed by atoms with Gasteiger partial charge in [0, 0.05) is 18.7 Å². The molecule has 0 amide bonds. The van der Waals surface area contributed by atoms with Crippen LogP contribution >= 0.6 is 0 Å². The fourth-order valence-corrected chi connectivity index (χ4v) is 4.72. The van der Waals surface area contributed by atoms with Crippen molar-refractivity contribution in [2.75, 3.05) is 0 Å². The van der Waals surface area contributed by atoms with Gasteiger partial charge in [-0.15, -0.1) is 0 Å². The largest absolute Gasteiger partial charge is 0.479 e. The van der Waals surface area contributed by atoms with Crippen molar-refractivity contribution >= 4 is 24.1 Å². The second-order valence-corrected chi connectivity index (χ2v) is 9.99. The molecule has 0 saturated heterocycles. The van der Waals surface area contributed by atoms with Gasteiger partial charge in [0.05, 0.1) is 34.7 Å². The third kappa shape index (κ3) is 7.36. The number of rotatable bonds is 7. The number of aliphatic hydroxyl groups is 2. The van der Waals surface area contributed by atoms with Gasteiger partial charge >= 0.3 is 18.1 Å². The van der Waals surface area contributed by atoms with Crippen LogP contribution in [0.15, 0.2) is 48.9 Å². The Morgan fingerprint density at radius 3 is 2.27 bits per heavy atom. The molecule has 4 heterocycles. The first-order valence-electron chi connectivity index (χ1n) is 13.4. The number of alkyl halides is 3. The highest BCUT2D eigenvalue weighted by Crippen LogP contribution is 2.40. The first-order chi connectivity index (χ1) is 20.8. The van der Waals surface area contributed by atoms with Crippen molar-refractivity contribution in [1.82, 2.24) is 29.3 Å². The Kier molecular flexibility index (Phi) is 9.59. The van der Waals surface area contributed by atoms with Crippen molar-refractivity contribution in [3.63, 3.8) is 0 Å². The van der Waals surface area contributed by atoms with Crippen LogP contribution in [-0.4, -0.2) is 73.9 Å². The molecule has 1 aliphatic rings. The number of hydrogen-bond acceptors (Lipinski definition) is 8. The standard InChI is InChI=1S/C25H23F3N6.C4H6O6/c1-16-14-33(15-29-16)22-11-9-18(30-17(22)2)10-12-23-31-24-20(7-5-13-34(24)32-23)19-6-3-4-8-21(19)25(26,27)28;5-1(3(7)8)2(6)4(9)10/h3-4,6,8-12,14-15,20H,5,7,13H2,1-2H3;1-2,5-6H,(H,7,8)(H,9,10)/b12-10+;/t;1-,2-/m.0/s1. The number of imidazole rings is 1. The van der Waals surface area contributed by atoms with Crippen molar-refractivity contribution in [3.05, 3.63) is 88.8 Å². The van der Waals surface area contributed by atoms with Crippen LogP contribution in [-0.2, 0) is 22.3 Å². The van der Waals surface area contributed by atoms with Crippen LogP contribution in [0, 0.1) is 13.8 Å². The summed E-state index contributed by atoms with van der Waals surface area (Å²) < 4.78 is 44.4. The van der Waals surface area contributed by atoms with Gasteiger partial charge in [-0.1, -0.05) is 18.2 Å². The van der Waals surface area contributed by atoms with Gasteiger partial charge in [0.1, 0.15) is 5.82 Å². The first-order valence-corrected chi connectivity index (χ1v) is 13.4. The highest BCUT2D eigenvalue weighted by atomic mass is 19.4. The lowest BCUT2D eigenvalue weighted by Crippen LogP contribution is -2.39. The summed E-state index contributed by atoms with van der Waals surface area (Å²) in [5.41, 5.74) is 3.10. The second-order valence-electron chi connectivity index (χ2n) is 9.99. The van der Waals surface area contributed by atoms with E-state index in [1.807, 2.05) is 42.8 Å². The zero-order valence-electron chi connectivity index (χ0n) is 23.5. The monoisotopic (exact) mass is 614 g/mol. The molecule has 5 rings (SSSR count). The predicted molar refractivity (Wildman–Crippen MR) is 150 cm³/mol. The Balaban J connectivity index is 0.000000382. The molecule has 0 radical (unpaired) electrons. The lowest BCUT2D eigenvalue weighted by molar-refractivity contribution is -0.165. The number of carboxylic acid groups (broad SMARTS) is 2. The van der Waals surface area contributed by atoms with Gasteiger partial charge in [0.2, 0.25) is 0 Å². The Bertz CT molecular complexity index is 1660. The molecule has 232 valence electrons. The smallest absolute Gasteiger partial charge is 0.416 e. The molecule has 15 heteroatoms. The van der Waals surface area contributed by atoms with Gasteiger partial charge in [-0.2, -0.15) is 18.3 Å². The number of nitrogens with zero attached hydrogens (tertiary/aromatic N) is 6. The number of aryl methyl sites for hydroxylation is 3. The molecule has 0 bridgehead atoms. The molecular weight excluding hydrogens is 585 g/mol. The Morgan fingerprint density at radius 1 is 1.00 bits per heavy atom. The SMILES string of the molecule is Cc1cn(-c2ccc(/C=C/c3nc4n(n3)CCCC4c3ccccc3C(F)(F)F)nc2C)cn1.O=C(O)[C@@H](O)[C@H](O)C(=O)O. The molecule has 1 aliphatic heterocycles. The summed E-state index contributed by atoms with van der Waals surface area (Å²) in [5.74, 6) is -2.96. The lowest BCUT2D eigenvalue weighted by Gasteiger charge is -2.25. The van der Waals surface area contributed by atoms with Gasteiger partial charge < -0.3 is 25.0 Å². The summed E-state index contributed by atoms with van der Waals surface area (Å²) in [6.07, 6.45) is -0.343. The maximum absolute atomic E-state index is 13.6. The topological polar surface area (TPSA) is 176 Å². The van der Waals surface area contributed by atoms with Crippen molar-refractivity contribution in [1.29, 1.82) is 0 Å².